The number of fused-ring (bicyclic) bond motifs is 1. The second-order valence-corrected chi connectivity index (χ2v) is 5.65. The predicted molar refractivity (Wildman–Crippen MR) is 81.6 cm³/mol. The van der Waals surface area contributed by atoms with Crippen LogP contribution in [0.25, 0.3) is 5.70 Å². The smallest absolute Gasteiger partial charge is 0.258 e. The molecule has 110 valence electrons. The van der Waals surface area contributed by atoms with Crippen molar-refractivity contribution in [2.75, 3.05) is 0 Å². The zero-order valence-electron chi connectivity index (χ0n) is 12.2. The molecule has 5 nitrogen and oxygen atoms in total. The van der Waals surface area contributed by atoms with Crippen molar-refractivity contribution in [3.05, 3.63) is 64.1 Å². The van der Waals surface area contributed by atoms with Gasteiger partial charge in [0.05, 0.1) is 17.3 Å². The summed E-state index contributed by atoms with van der Waals surface area (Å²) < 4.78 is 7.32. The topological polar surface area (TPSA) is 75.3 Å². The van der Waals surface area contributed by atoms with E-state index in [1.807, 2.05) is 19.9 Å². The van der Waals surface area contributed by atoms with E-state index in [1.54, 1.807) is 18.2 Å². The molecular formula is C17H14N2O3. The number of aromatic hydroxyl groups is 1. The van der Waals surface area contributed by atoms with Crippen LogP contribution in [0.5, 0.6) is 11.5 Å². The Morgan fingerprint density at radius 1 is 1.27 bits per heavy atom. The maximum Gasteiger partial charge on any atom is 0.258 e. The molecule has 2 heterocycles. The van der Waals surface area contributed by atoms with Crippen molar-refractivity contribution in [1.29, 1.82) is 5.26 Å². The minimum Gasteiger partial charge on any atom is -0.508 e. The van der Waals surface area contributed by atoms with Crippen LogP contribution in [0.1, 0.15) is 25.0 Å². The van der Waals surface area contributed by atoms with Gasteiger partial charge >= 0.3 is 0 Å². The molecule has 0 atom stereocenters. The average molecular weight is 294 g/mol. The number of rotatable bonds is 1. The van der Waals surface area contributed by atoms with E-state index in [0.717, 1.165) is 6.07 Å². The van der Waals surface area contributed by atoms with Crippen molar-refractivity contribution in [2.24, 2.45) is 0 Å². The van der Waals surface area contributed by atoms with Crippen molar-refractivity contribution in [3.8, 4) is 17.6 Å². The van der Waals surface area contributed by atoms with Crippen molar-refractivity contribution in [1.82, 2.24) is 4.57 Å². The number of pyridine rings is 1. The van der Waals surface area contributed by atoms with Crippen LogP contribution in [0, 0.1) is 11.3 Å². The molecule has 0 unspecified atom stereocenters. The van der Waals surface area contributed by atoms with E-state index in [2.05, 4.69) is 6.07 Å². The Hall–Kier alpha value is -3.00. The van der Waals surface area contributed by atoms with E-state index in [1.165, 1.54) is 16.8 Å². The minimum absolute atomic E-state index is 0.0841. The summed E-state index contributed by atoms with van der Waals surface area (Å²) in [4.78, 5) is 12.2. The molecule has 0 saturated heterocycles. The Morgan fingerprint density at radius 2 is 2.05 bits per heavy atom. The molecule has 0 fully saturated rings. The van der Waals surface area contributed by atoms with Gasteiger partial charge in [-0.25, -0.2) is 0 Å². The number of nitrogens with zero attached hydrogens (tertiary/aromatic N) is 2. The number of benzene rings is 1. The second-order valence-electron chi connectivity index (χ2n) is 5.65. The first-order chi connectivity index (χ1) is 10.4. The van der Waals surface area contributed by atoms with Crippen LogP contribution in [0.15, 0.2) is 47.4 Å². The minimum atomic E-state index is -0.589. The van der Waals surface area contributed by atoms with Crippen molar-refractivity contribution in [2.45, 2.75) is 19.4 Å². The standard InChI is InChI=1S/C17H14N2O3/c1-17(2)9-14(19-6-5-12(20)8-16(19)21)13-7-11(10-18)3-4-15(13)22-17/h3-9,20H,1-2H3. The van der Waals surface area contributed by atoms with Gasteiger partial charge in [0.1, 0.15) is 17.1 Å². The Labute approximate surface area is 127 Å². The fourth-order valence-corrected chi connectivity index (χ4v) is 2.48. The molecule has 3 rings (SSSR count). The molecule has 0 spiro atoms. The summed E-state index contributed by atoms with van der Waals surface area (Å²) in [6, 6.07) is 9.77. The van der Waals surface area contributed by atoms with Gasteiger partial charge < -0.3 is 9.84 Å². The van der Waals surface area contributed by atoms with Gasteiger partial charge in [-0.1, -0.05) is 0 Å². The third-order valence-corrected chi connectivity index (χ3v) is 3.40. The van der Waals surface area contributed by atoms with Gasteiger partial charge in [0, 0.05) is 17.8 Å². The van der Waals surface area contributed by atoms with E-state index in [9.17, 15) is 9.90 Å². The number of hydrogen-bond acceptors (Lipinski definition) is 4. The SMILES string of the molecule is CC1(C)C=C(n2ccc(O)cc2=O)c2cc(C#N)ccc2O1. The molecule has 5 heteroatoms. The van der Waals surface area contributed by atoms with Crippen LogP contribution >= 0.6 is 0 Å². The Bertz CT molecular complexity index is 886. The van der Waals surface area contributed by atoms with Crippen LogP contribution in [0.2, 0.25) is 0 Å². The van der Waals surface area contributed by atoms with Crippen molar-refractivity contribution < 1.29 is 9.84 Å². The van der Waals surface area contributed by atoms with Gasteiger partial charge in [0.15, 0.2) is 0 Å². The summed E-state index contributed by atoms with van der Waals surface area (Å²) >= 11 is 0. The van der Waals surface area contributed by atoms with Gasteiger partial charge in [-0.05, 0) is 44.2 Å². The van der Waals surface area contributed by atoms with Gasteiger partial charge in [0.25, 0.3) is 5.56 Å². The van der Waals surface area contributed by atoms with Crippen LogP contribution < -0.4 is 10.3 Å². The van der Waals surface area contributed by atoms with Gasteiger partial charge in [-0.15, -0.1) is 0 Å². The molecule has 1 aromatic heterocycles. The molecule has 1 aromatic carbocycles. The fraction of sp³-hybridized carbons (Fsp3) is 0.176. The molecule has 1 aliphatic rings. The molecule has 2 aromatic rings. The van der Waals surface area contributed by atoms with Crippen LogP contribution in [0.4, 0.5) is 0 Å². The molecule has 0 aliphatic carbocycles. The van der Waals surface area contributed by atoms with Crippen LogP contribution in [-0.4, -0.2) is 15.3 Å². The molecule has 0 bridgehead atoms. The molecule has 0 amide bonds. The molecule has 1 aliphatic heterocycles. The van der Waals surface area contributed by atoms with Gasteiger partial charge in [-0.3, -0.25) is 9.36 Å². The number of ether oxygens (including phenoxy) is 1. The highest BCUT2D eigenvalue weighted by atomic mass is 16.5. The molecule has 1 N–H and O–H groups in total. The third-order valence-electron chi connectivity index (χ3n) is 3.40. The third kappa shape index (κ3) is 2.35. The number of hydrogen-bond donors (Lipinski definition) is 1. The Kier molecular flexibility index (Phi) is 3.03. The highest BCUT2D eigenvalue weighted by molar-refractivity contribution is 5.74. The molecule has 0 radical (unpaired) electrons. The zero-order chi connectivity index (χ0) is 15.9. The summed E-state index contributed by atoms with van der Waals surface area (Å²) in [6.07, 6.45) is 3.34. The number of aromatic nitrogens is 1. The van der Waals surface area contributed by atoms with Crippen molar-refractivity contribution in [3.63, 3.8) is 0 Å². The number of nitriles is 1. The second kappa shape index (κ2) is 4.78. The largest absolute Gasteiger partial charge is 0.508 e. The summed E-state index contributed by atoms with van der Waals surface area (Å²) in [6.45, 7) is 3.78. The lowest BCUT2D eigenvalue weighted by atomic mass is 9.97. The van der Waals surface area contributed by atoms with E-state index in [-0.39, 0.29) is 11.3 Å². The quantitative estimate of drug-likeness (QED) is 0.876. The normalized spacial score (nSPS) is 15.2. The lowest BCUT2D eigenvalue weighted by molar-refractivity contribution is 0.157. The lowest BCUT2D eigenvalue weighted by Crippen LogP contribution is -2.32. The van der Waals surface area contributed by atoms with Crippen LogP contribution in [0.3, 0.4) is 0 Å². The van der Waals surface area contributed by atoms with Gasteiger partial charge in [-0.2, -0.15) is 5.26 Å². The maximum atomic E-state index is 12.2. The average Bonchev–Trinajstić information content (AvgIpc) is 2.45. The summed E-state index contributed by atoms with van der Waals surface area (Å²) in [5.41, 5.74) is 0.852. The zero-order valence-corrected chi connectivity index (χ0v) is 12.2. The fourth-order valence-electron chi connectivity index (χ4n) is 2.48. The van der Waals surface area contributed by atoms with Gasteiger partial charge in [0.2, 0.25) is 0 Å². The summed E-state index contributed by atoms with van der Waals surface area (Å²) in [7, 11) is 0. The first-order valence-corrected chi connectivity index (χ1v) is 6.78. The first kappa shape index (κ1) is 14.0. The molecular weight excluding hydrogens is 280 g/mol. The Morgan fingerprint density at radius 3 is 2.73 bits per heavy atom. The van der Waals surface area contributed by atoms with E-state index >= 15 is 0 Å². The highest BCUT2D eigenvalue weighted by Gasteiger charge is 2.28. The Balaban J connectivity index is 2.27. The van der Waals surface area contributed by atoms with Crippen LogP contribution in [-0.2, 0) is 0 Å². The van der Waals surface area contributed by atoms with Crippen molar-refractivity contribution >= 4 is 5.70 Å². The lowest BCUT2D eigenvalue weighted by Gasteiger charge is -2.31. The molecule has 0 saturated carbocycles. The maximum absolute atomic E-state index is 12.2. The monoisotopic (exact) mass is 294 g/mol. The highest BCUT2D eigenvalue weighted by Crippen LogP contribution is 2.36. The van der Waals surface area contributed by atoms with E-state index in [0.29, 0.717) is 22.6 Å². The molecule has 22 heavy (non-hydrogen) atoms. The van der Waals surface area contributed by atoms with E-state index < -0.39 is 5.60 Å². The first-order valence-electron chi connectivity index (χ1n) is 6.78. The summed E-state index contributed by atoms with van der Waals surface area (Å²) in [5, 5.41) is 18.5. The summed E-state index contributed by atoms with van der Waals surface area (Å²) in [5.74, 6) is 0.528. The van der Waals surface area contributed by atoms with E-state index in [4.69, 9.17) is 10.00 Å². The predicted octanol–water partition coefficient (Wildman–Crippen LogP) is 2.49.